The largest absolute Gasteiger partial charge is 0.320 e. The molecule has 0 radical (unpaired) electrons. The van der Waals surface area contributed by atoms with Crippen LogP contribution < -0.4 is 5.32 Å². The molecule has 2 aromatic rings. The topological polar surface area (TPSA) is 29.9 Å². The first kappa shape index (κ1) is 11.9. The molecule has 0 aliphatic carbocycles. The van der Waals surface area contributed by atoms with E-state index < -0.39 is 0 Å². The van der Waals surface area contributed by atoms with Crippen molar-refractivity contribution in [2.45, 2.75) is 19.4 Å². The maximum absolute atomic E-state index is 4.43. The quantitative estimate of drug-likeness (QED) is 0.854. The Labute approximate surface area is 102 Å². The number of rotatable bonds is 5. The first-order chi connectivity index (χ1) is 8.31. The number of benzene rings is 1. The summed E-state index contributed by atoms with van der Waals surface area (Å²) in [7, 11) is 1.98. The maximum Gasteiger partial charge on any atom is 0.0568 e. The van der Waals surface area contributed by atoms with Gasteiger partial charge in [0.1, 0.15) is 0 Å². The van der Waals surface area contributed by atoms with Crippen LogP contribution in [-0.2, 0) is 0 Å². The molecule has 2 rings (SSSR count). The first-order valence-electron chi connectivity index (χ1n) is 6.05. The summed E-state index contributed by atoms with van der Waals surface area (Å²) in [6.45, 7) is 3.21. The highest BCUT2D eigenvalue weighted by Gasteiger charge is 2.06. The number of nitrogens with one attached hydrogen (secondary N) is 1. The molecule has 3 nitrogen and oxygen atoms in total. The molecule has 1 N–H and O–H groups in total. The van der Waals surface area contributed by atoms with E-state index in [2.05, 4.69) is 47.8 Å². The lowest BCUT2D eigenvalue weighted by Crippen LogP contribution is -2.14. The van der Waals surface area contributed by atoms with Gasteiger partial charge in [0.05, 0.1) is 12.2 Å². The summed E-state index contributed by atoms with van der Waals surface area (Å²) >= 11 is 0. The molecule has 0 fully saturated rings. The van der Waals surface area contributed by atoms with Crippen LogP contribution in [0, 0.1) is 0 Å². The van der Waals surface area contributed by atoms with Gasteiger partial charge in [0.15, 0.2) is 0 Å². The average molecular weight is 229 g/mol. The van der Waals surface area contributed by atoms with Crippen molar-refractivity contribution in [1.82, 2.24) is 15.1 Å². The van der Waals surface area contributed by atoms with Crippen LogP contribution in [0.5, 0.6) is 0 Å². The summed E-state index contributed by atoms with van der Waals surface area (Å²) in [5.74, 6) is 0. The van der Waals surface area contributed by atoms with Crippen molar-refractivity contribution >= 4 is 0 Å². The van der Waals surface area contributed by atoms with Gasteiger partial charge < -0.3 is 5.32 Å². The van der Waals surface area contributed by atoms with Crippen molar-refractivity contribution in [2.75, 3.05) is 13.6 Å². The molecule has 90 valence electrons. The van der Waals surface area contributed by atoms with E-state index in [0.717, 1.165) is 13.0 Å². The fourth-order valence-electron chi connectivity index (χ4n) is 1.84. The number of nitrogens with zero attached hydrogens (tertiary/aromatic N) is 2. The van der Waals surface area contributed by atoms with Gasteiger partial charge in [-0.2, -0.15) is 5.10 Å². The van der Waals surface area contributed by atoms with E-state index in [4.69, 9.17) is 0 Å². The predicted molar refractivity (Wildman–Crippen MR) is 70.9 cm³/mol. The van der Waals surface area contributed by atoms with Crippen molar-refractivity contribution in [2.24, 2.45) is 0 Å². The highest BCUT2D eigenvalue weighted by molar-refractivity contribution is 5.61. The minimum Gasteiger partial charge on any atom is -0.320 e. The summed E-state index contributed by atoms with van der Waals surface area (Å²) in [4.78, 5) is 0. The molecule has 1 aromatic carbocycles. The van der Waals surface area contributed by atoms with E-state index in [1.807, 2.05) is 24.0 Å². The van der Waals surface area contributed by atoms with Crippen molar-refractivity contribution < 1.29 is 0 Å². The molecule has 0 saturated heterocycles. The minimum absolute atomic E-state index is 0.430. The van der Waals surface area contributed by atoms with Gasteiger partial charge in [0.25, 0.3) is 0 Å². The molecule has 0 saturated carbocycles. The highest BCUT2D eigenvalue weighted by atomic mass is 15.3. The lowest BCUT2D eigenvalue weighted by Gasteiger charge is -2.11. The van der Waals surface area contributed by atoms with Crippen LogP contribution in [0.15, 0.2) is 42.7 Å². The number of hydrogen-bond donors (Lipinski definition) is 1. The summed E-state index contributed by atoms with van der Waals surface area (Å²) in [6.07, 6.45) is 5.15. The van der Waals surface area contributed by atoms with Crippen LogP contribution in [0.4, 0.5) is 0 Å². The molecule has 3 heteroatoms. The van der Waals surface area contributed by atoms with Crippen molar-refractivity contribution in [3.63, 3.8) is 0 Å². The Morgan fingerprint density at radius 2 is 2.00 bits per heavy atom. The Balaban J connectivity index is 2.11. The van der Waals surface area contributed by atoms with E-state index in [1.54, 1.807) is 0 Å². The molecule has 0 aliphatic rings. The molecular formula is C14H19N3. The zero-order valence-electron chi connectivity index (χ0n) is 10.4. The van der Waals surface area contributed by atoms with E-state index in [-0.39, 0.29) is 0 Å². The molecule has 0 amide bonds. The Morgan fingerprint density at radius 1 is 1.24 bits per heavy atom. The summed E-state index contributed by atoms with van der Waals surface area (Å²) in [6, 6.07) is 10.8. The molecule has 17 heavy (non-hydrogen) atoms. The van der Waals surface area contributed by atoms with Gasteiger partial charge >= 0.3 is 0 Å². The van der Waals surface area contributed by atoms with E-state index in [0.29, 0.717) is 6.04 Å². The van der Waals surface area contributed by atoms with Gasteiger partial charge in [-0.15, -0.1) is 0 Å². The van der Waals surface area contributed by atoms with E-state index in [1.165, 1.54) is 11.1 Å². The molecule has 1 atom stereocenters. The Kier molecular flexibility index (Phi) is 3.94. The monoisotopic (exact) mass is 229 g/mol. The van der Waals surface area contributed by atoms with Gasteiger partial charge in [-0.25, -0.2) is 0 Å². The lowest BCUT2D eigenvalue weighted by atomic mass is 10.1. The standard InChI is InChI=1S/C14H19N3/c1-12(8-9-15-2)17-11-14(10-16-17)13-6-4-3-5-7-13/h3-7,10-12,15H,8-9H2,1-2H3. The first-order valence-corrected chi connectivity index (χ1v) is 6.05. The normalized spacial score (nSPS) is 12.6. The summed E-state index contributed by atoms with van der Waals surface area (Å²) < 4.78 is 2.04. The molecule has 1 aromatic heterocycles. The SMILES string of the molecule is CNCCC(C)n1cc(-c2ccccc2)cn1. The fraction of sp³-hybridized carbons (Fsp3) is 0.357. The smallest absolute Gasteiger partial charge is 0.0568 e. The minimum atomic E-state index is 0.430. The maximum atomic E-state index is 4.43. The van der Waals surface area contributed by atoms with Gasteiger partial charge in [-0.1, -0.05) is 30.3 Å². The second kappa shape index (κ2) is 5.64. The van der Waals surface area contributed by atoms with Gasteiger partial charge in [0, 0.05) is 11.8 Å². The van der Waals surface area contributed by atoms with Crippen molar-refractivity contribution in [1.29, 1.82) is 0 Å². The second-order valence-electron chi connectivity index (χ2n) is 4.32. The molecule has 1 unspecified atom stereocenters. The van der Waals surface area contributed by atoms with Gasteiger partial charge in [0.2, 0.25) is 0 Å². The lowest BCUT2D eigenvalue weighted by molar-refractivity contribution is 0.452. The third-order valence-electron chi connectivity index (χ3n) is 2.97. The predicted octanol–water partition coefficient (Wildman–Crippen LogP) is 2.72. The average Bonchev–Trinajstić information content (AvgIpc) is 2.86. The van der Waals surface area contributed by atoms with Crippen molar-refractivity contribution in [3.05, 3.63) is 42.7 Å². The van der Waals surface area contributed by atoms with Crippen LogP contribution in [0.2, 0.25) is 0 Å². The zero-order valence-corrected chi connectivity index (χ0v) is 10.4. The Morgan fingerprint density at radius 3 is 2.71 bits per heavy atom. The third kappa shape index (κ3) is 2.94. The van der Waals surface area contributed by atoms with Gasteiger partial charge in [-0.3, -0.25) is 4.68 Å². The third-order valence-corrected chi connectivity index (χ3v) is 2.97. The van der Waals surface area contributed by atoms with Crippen LogP contribution in [0.3, 0.4) is 0 Å². The van der Waals surface area contributed by atoms with Crippen molar-refractivity contribution in [3.8, 4) is 11.1 Å². The Hall–Kier alpha value is -1.61. The van der Waals surface area contributed by atoms with Crippen LogP contribution >= 0.6 is 0 Å². The zero-order chi connectivity index (χ0) is 12.1. The number of aromatic nitrogens is 2. The highest BCUT2D eigenvalue weighted by Crippen LogP contribution is 2.20. The molecule has 1 heterocycles. The Bertz CT molecular complexity index is 448. The molecular weight excluding hydrogens is 210 g/mol. The second-order valence-corrected chi connectivity index (χ2v) is 4.32. The molecule has 0 bridgehead atoms. The number of hydrogen-bond acceptors (Lipinski definition) is 2. The van der Waals surface area contributed by atoms with E-state index >= 15 is 0 Å². The molecule has 0 spiro atoms. The summed E-state index contributed by atoms with van der Waals surface area (Å²) in [5.41, 5.74) is 2.40. The molecule has 0 aliphatic heterocycles. The fourth-order valence-corrected chi connectivity index (χ4v) is 1.84. The van der Waals surface area contributed by atoms with Gasteiger partial charge in [-0.05, 0) is 32.5 Å². The van der Waals surface area contributed by atoms with Crippen LogP contribution in [-0.4, -0.2) is 23.4 Å². The van der Waals surface area contributed by atoms with E-state index in [9.17, 15) is 0 Å². The summed E-state index contributed by atoms with van der Waals surface area (Å²) in [5, 5.41) is 7.60. The van der Waals surface area contributed by atoms with Crippen LogP contribution in [0.25, 0.3) is 11.1 Å². The van der Waals surface area contributed by atoms with Crippen LogP contribution in [0.1, 0.15) is 19.4 Å².